The van der Waals surface area contributed by atoms with Gasteiger partial charge in [-0.1, -0.05) is 20.8 Å². The Morgan fingerprint density at radius 3 is 2.56 bits per heavy atom. The molecule has 0 bridgehead atoms. The summed E-state index contributed by atoms with van der Waals surface area (Å²) in [5, 5.41) is 5.80. The molecule has 190 valence electrons. The van der Waals surface area contributed by atoms with Crippen LogP contribution in [-0.2, 0) is 9.53 Å². The second-order valence-corrected chi connectivity index (χ2v) is 8.99. The number of urea groups is 1. The lowest BCUT2D eigenvalue weighted by Crippen LogP contribution is -2.51. The molecule has 0 aliphatic carbocycles. The number of benzene rings is 1. The lowest BCUT2D eigenvalue weighted by molar-refractivity contribution is -0.116. The molecule has 1 aliphatic heterocycles. The quantitative estimate of drug-likeness (QED) is 0.656. The highest BCUT2D eigenvalue weighted by atomic mass is 16.5. The Kier molecular flexibility index (Phi) is 10.6. The van der Waals surface area contributed by atoms with E-state index in [0.29, 0.717) is 43.1 Å². The summed E-state index contributed by atoms with van der Waals surface area (Å²) in [5.41, 5.74) is 0.960. The van der Waals surface area contributed by atoms with Crippen molar-refractivity contribution in [1.29, 1.82) is 0 Å². The zero-order valence-electron chi connectivity index (χ0n) is 21.3. The van der Waals surface area contributed by atoms with Crippen LogP contribution < -0.4 is 15.4 Å². The Hall–Kier alpha value is -2.81. The smallest absolute Gasteiger partial charge is 0.317 e. The third kappa shape index (κ3) is 7.35. The van der Waals surface area contributed by atoms with Gasteiger partial charge in [-0.15, -0.1) is 0 Å². The number of nitrogens with one attached hydrogen (secondary N) is 2. The molecule has 2 N–H and O–H groups in total. The highest BCUT2D eigenvalue weighted by Crippen LogP contribution is 2.27. The van der Waals surface area contributed by atoms with E-state index in [9.17, 15) is 14.4 Å². The maximum atomic E-state index is 13.3. The van der Waals surface area contributed by atoms with E-state index in [-0.39, 0.29) is 42.5 Å². The molecule has 3 atom stereocenters. The molecule has 1 aromatic rings. The van der Waals surface area contributed by atoms with Crippen molar-refractivity contribution in [2.75, 3.05) is 45.7 Å². The van der Waals surface area contributed by atoms with Gasteiger partial charge in [0.2, 0.25) is 5.91 Å². The van der Waals surface area contributed by atoms with Gasteiger partial charge in [0.25, 0.3) is 5.91 Å². The Balaban J connectivity index is 2.40. The van der Waals surface area contributed by atoms with Crippen LogP contribution in [0.15, 0.2) is 18.2 Å². The molecule has 0 aromatic heterocycles. The second kappa shape index (κ2) is 13.2. The van der Waals surface area contributed by atoms with E-state index in [1.807, 2.05) is 27.7 Å². The fourth-order valence-corrected chi connectivity index (χ4v) is 3.92. The summed E-state index contributed by atoms with van der Waals surface area (Å²) < 4.78 is 11.8. The molecule has 1 heterocycles. The summed E-state index contributed by atoms with van der Waals surface area (Å²) in [7, 11) is 3.35. The van der Waals surface area contributed by atoms with Crippen LogP contribution in [0, 0.1) is 5.92 Å². The molecule has 1 aromatic carbocycles. The highest BCUT2D eigenvalue weighted by Gasteiger charge is 2.30. The molecule has 0 radical (unpaired) electrons. The van der Waals surface area contributed by atoms with Crippen molar-refractivity contribution < 1.29 is 23.9 Å². The van der Waals surface area contributed by atoms with E-state index in [1.165, 1.54) is 0 Å². The molecule has 34 heavy (non-hydrogen) atoms. The van der Waals surface area contributed by atoms with E-state index in [0.717, 1.165) is 12.8 Å². The zero-order valence-corrected chi connectivity index (χ0v) is 21.3. The van der Waals surface area contributed by atoms with Crippen LogP contribution in [0.1, 0.15) is 57.3 Å². The van der Waals surface area contributed by atoms with E-state index in [1.54, 1.807) is 42.2 Å². The fraction of sp³-hybridized carbons (Fsp3) is 0.640. The molecule has 4 amide bonds. The van der Waals surface area contributed by atoms with Gasteiger partial charge in [0.05, 0.1) is 17.7 Å². The predicted octanol–water partition coefficient (Wildman–Crippen LogP) is 3.35. The fourth-order valence-electron chi connectivity index (χ4n) is 3.92. The maximum Gasteiger partial charge on any atom is 0.317 e. The minimum absolute atomic E-state index is 0.00914. The van der Waals surface area contributed by atoms with E-state index in [2.05, 4.69) is 10.6 Å². The zero-order chi connectivity index (χ0) is 25.3. The van der Waals surface area contributed by atoms with Gasteiger partial charge in [-0.3, -0.25) is 9.59 Å². The van der Waals surface area contributed by atoms with Crippen molar-refractivity contribution in [3.8, 4) is 5.75 Å². The Morgan fingerprint density at radius 2 is 1.91 bits per heavy atom. The second-order valence-electron chi connectivity index (χ2n) is 8.99. The van der Waals surface area contributed by atoms with Gasteiger partial charge in [0.15, 0.2) is 0 Å². The van der Waals surface area contributed by atoms with Gasteiger partial charge in [-0.05, 0) is 31.9 Å². The number of carbonyl (C=O) groups is 3. The average Bonchev–Trinajstić information content (AvgIpc) is 2.81. The molecule has 0 unspecified atom stereocenters. The van der Waals surface area contributed by atoms with Crippen molar-refractivity contribution >= 4 is 23.5 Å². The lowest BCUT2D eigenvalue weighted by Gasteiger charge is -2.36. The number of anilines is 1. The van der Waals surface area contributed by atoms with Gasteiger partial charge in [-0.2, -0.15) is 0 Å². The van der Waals surface area contributed by atoms with Crippen LogP contribution >= 0.6 is 0 Å². The van der Waals surface area contributed by atoms with Gasteiger partial charge in [0.1, 0.15) is 12.4 Å². The van der Waals surface area contributed by atoms with Crippen LogP contribution in [0.2, 0.25) is 0 Å². The number of carbonyl (C=O) groups excluding carboxylic acids is 3. The number of ether oxygens (including phenoxy) is 2. The number of amides is 4. The standard InChI is InChI=1S/C25H40N4O5/c1-7-9-23(30)27-19-10-11-20-21(13-19)34-16-18(4)29(25(32)26-12-8-2)14-17(3)22(33-6)15-28(5)24(20)31/h10-11,13,17-18,22H,7-9,12,14-16H2,1-6H3,(H,26,32)(H,27,30)/t17-,18+,22+/m1/s1. The number of hydrogen-bond acceptors (Lipinski definition) is 5. The minimum atomic E-state index is -0.254. The lowest BCUT2D eigenvalue weighted by atomic mass is 10.0. The largest absolute Gasteiger partial charge is 0.491 e. The topological polar surface area (TPSA) is 100 Å². The number of likely N-dealkylation sites (N-methyl/N-ethyl adjacent to an activating group) is 1. The van der Waals surface area contributed by atoms with Crippen LogP contribution in [0.25, 0.3) is 0 Å². The molecule has 0 saturated carbocycles. The molecule has 9 nitrogen and oxygen atoms in total. The van der Waals surface area contributed by atoms with Crippen molar-refractivity contribution in [3.63, 3.8) is 0 Å². The normalized spacial score (nSPS) is 21.6. The van der Waals surface area contributed by atoms with E-state index >= 15 is 0 Å². The predicted molar refractivity (Wildman–Crippen MR) is 132 cm³/mol. The molecule has 0 saturated heterocycles. The van der Waals surface area contributed by atoms with E-state index in [4.69, 9.17) is 9.47 Å². The first-order valence-electron chi connectivity index (χ1n) is 12.1. The maximum absolute atomic E-state index is 13.3. The van der Waals surface area contributed by atoms with Crippen molar-refractivity contribution in [2.24, 2.45) is 5.92 Å². The number of hydrogen-bond donors (Lipinski definition) is 2. The van der Waals surface area contributed by atoms with Crippen LogP contribution in [0.5, 0.6) is 5.75 Å². The first-order valence-corrected chi connectivity index (χ1v) is 12.1. The Morgan fingerprint density at radius 1 is 1.18 bits per heavy atom. The molecular weight excluding hydrogens is 436 g/mol. The average molecular weight is 477 g/mol. The number of rotatable bonds is 6. The van der Waals surface area contributed by atoms with Crippen LogP contribution in [0.3, 0.4) is 0 Å². The Bertz CT molecular complexity index is 847. The molecule has 0 fully saturated rings. The molecule has 0 spiro atoms. The summed E-state index contributed by atoms with van der Waals surface area (Å²) in [6.07, 6.45) is 1.74. The summed E-state index contributed by atoms with van der Waals surface area (Å²) in [6, 6.07) is 4.64. The summed E-state index contributed by atoms with van der Waals surface area (Å²) in [4.78, 5) is 41.6. The monoisotopic (exact) mass is 476 g/mol. The third-order valence-electron chi connectivity index (χ3n) is 5.99. The number of methoxy groups -OCH3 is 1. The summed E-state index contributed by atoms with van der Waals surface area (Å²) in [6.45, 7) is 9.50. The van der Waals surface area contributed by atoms with Crippen LogP contribution in [0.4, 0.5) is 10.5 Å². The first kappa shape index (κ1) is 27.4. The first-order chi connectivity index (χ1) is 16.2. The minimum Gasteiger partial charge on any atom is -0.491 e. The van der Waals surface area contributed by atoms with E-state index < -0.39 is 0 Å². The SMILES string of the molecule is CCCNC(=O)N1C[C@@H](C)[C@@H](OC)CN(C)C(=O)c2ccc(NC(=O)CCC)cc2OC[C@@H]1C. The third-order valence-corrected chi connectivity index (χ3v) is 5.99. The summed E-state index contributed by atoms with van der Waals surface area (Å²) in [5.74, 6) is 0.0733. The highest BCUT2D eigenvalue weighted by molar-refractivity contribution is 5.98. The van der Waals surface area contributed by atoms with Gasteiger partial charge in [-0.25, -0.2) is 4.79 Å². The van der Waals surface area contributed by atoms with Crippen molar-refractivity contribution in [2.45, 2.75) is 59.1 Å². The molecular formula is C25H40N4O5. The Labute approximate surface area is 203 Å². The van der Waals surface area contributed by atoms with Gasteiger partial charge >= 0.3 is 6.03 Å². The molecule has 9 heteroatoms. The number of nitrogens with zero attached hydrogens (tertiary/aromatic N) is 2. The number of fused-ring (bicyclic) bond motifs is 1. The van der Waals surface area contributed by atoms with Gasteiger partial charge < -0.3 is 29.9 Å². The van der Waals surface area contributed by atoms with Crippen molar-refractivity contribution in [3.05, 3.63) is 23.8 Å². The van der Waals surface area contributed by atoms with Crippen LogP contribution in [-0.4, -0.2) is 80.2 Å². The van der Waals surface area contributed by atoms with Crippen molar-refractivity contribution in [1.82, 2.24) is 15.1 Å². The van der Waals surface area contributed by atoms with Gasteiger partial charge in [0, 0.05) is 57.9 Å². The molecule has 2 rings (SSSR count). The summed E-state index contributed by atoms with van der Waals surface area (Å²) >= 11 is 0. The molecule has 1 aliphatic rings.